The number of hydrogen-bond acceptors (Lipinski definition) is 4. The van der Waals surface area contributed by atoms with Crippen LogP contribution in [0.1, 0.15) is 19.8 Å². The molecule has 1 saturated carbocycles. The van der Waals surface area contributed by atoms with Crippen LogP contribution in [0.25, 0.3) is 0 Å². The zero-order valence-electron chi connectivity index (χ0n) is 10.6. The average Bonchev–Trinajstić information content (AvgIpc) is 3.05. The summed E-state index contributed by atoms with van der Waals surface area (Å²) in [5.74, 6) is -0.228. The highest BCUT2D eigenvalue weighted by Gasteiger charge is 2.40. The van der Waals surface area contributed by atoms with Crippen LogP contribution in [-0.2, 0) is 14.3 Å². The smallest absolute Gasteiger partial charge is 0.329 e. The molecule has 0 unspecified atom stereocenters. The van der Waals surface area contributed by atoms with Gasteiger partial charge in [0.15, 0.2) is 0 Å². The van der Waals surface area contributed by atoms with Crippen molar-refractivity contribution in [1.29, 1.82) is 0 Å². The van der Waals surface area contributed by atoms with E-state index in [1.165, 1.54) is 12.8 Å². The first kappa shape index (κ1) is 13.3. The quantitative estimate of drug-likeness (QED) is 0.653. The van der Waals surface area contributed by atoms with Crippen LogP contribution < -0.4 is 5.32 Å². The van der Waals surface area contributed by atoms with Crippen molar-refractivity contribution in [1.82, 2.24) is 10.2 Å². The van der Waals surface area contributed by atoms with Crippen LogP contribution in [0, 0.1) is 5.92 Å². The number of carbonyl (C=O) groups is 2. The second kappa shape index (κ2) is 5.24. The Morgan fingerprint density at radius 1 is 1.44 bits per heavy atom. The van der Waals surface area contributed by atoms with Crippen LogP contribution in [0.15, 0.2) is 0 Å². The van der Waals surface area contributed by atoms with Gasteiger partial charge in [-0.05, 0) is 25.7 Å². The fourth-order valence-electron chi connectivity index (χ4n) is 2.18. The minimum atomic E-state index is -0.961. The van der Waals surface area contributed by atoms with Crippen molar-refractivity contribution in [3.05, 3.63) is 0 Å². The van der Waals surface area contributed by atoms with Gasteiger partial charge < -0.3 is 15.2 Å². The average molecular weight is 256 g/mol. The van der Waals surface area contributed by atoms with Crippen LogP contribution in [-0.4, -0.2) is 60.3 Å². The lowest BCUT2D eigenvalue weighted by atomic mass is 9.96. The lowest BCUT2D eigenvalue weighted by molar-refractivity contribution is -0.166. The molecule has 0 bridgehead atoms. The molecule has 1 aliphatic carbocycles. The van der Waals surface area contributed by atoms with E-state index in [0.717, 1.165) is 6.54 Å². The van der Waals surface area contributed by atoms with Crippen molar-refractivity contribution in [3.8, 4) is 0 Å². The highest BCUT2D eigenvalue weighted by molar-refractivity contribution is 5.78. The van der Waals surface area contributed by atoms with Gasteiger partial charge >= 0.3 is 5.97 Å². The van der Waals surface area contributed by atoms with Gasteiger partial charge in [0.05, 0.1) is 12.1 Å². The van der Waals surface area contributed by atoms with Crippen molar-refractivity contribution in [2.75, 3.05) is 32.8 Å². The van der Waals surface area contributed by atoms with Crippen molar-refractivity contribution in [2.24, 2.45) is 5.92 Å². The summed E-state index contributed by atoms with van der Waals surface area (Å²) >= 11 is 0. The number of nitrogens with one attached hydrogen (secondary N) is 1. The van der Waals surface area contributed by atoms with Crippen molar-refractivity contribution in [3.63, 3.8) is 0 Å². The number of carboxylic acid groups (broad SMARTS) is 1. The van der Waals surface area contributed by atoms with Crippen molar-refractivity contribution < 1.29 is 19.4 Å². The number of ether oxygens (including phenoxy) is 1. The predicted octanol–water partition coefficient (Wildman–Crippen LogP) is -0.312. The fraction of sp³-hybridized carbons (Fsp3) is 0.833. The first-order valence-corrected chi connectivity index (χ1v) is 6.32. The Labute approximate surface area is 106 Å². The Bertz CT molecular complexity index is 335. The molecule has 0 atom stereocenters. The molecule has 0 radical (unpaired) electrons. The van der Waals surface area contributed by atoms with Crippen LogP contribution in [0.2, 0.25) is 0 Å². The summed E-state index contributed by atoms with van der Waals surface area (Å²) in [6.45, 7) is 3.97. The SMILES string of the molecule is CC1(OCC(=O)O)CN(CC(=O)NCC2CC2)C1. The molecule has 0 aromatic rings. The Balaban J connectivity index is 1.59. The molecule has 2 fully saturated rings. The molecule has 1 amide bonds. The Morgan fingerprint density at radius 3 is 2.67 bits per heavy atom. The van der Waals surface area contributed by atoms with Crippen LogP contribution in [0.3, 0.4) is 0 Å². The lowest BCUT2D eigenvalue weighted by Crippen LogP contribution is -2.63. The number of hydrogen-bond donors (Lipinski definition) is 2. The molecule has 1 heterocycles. The summed E-state index contributed by atoms with van der Waals surface area (Å²) in [6, 6.07) is 0. The van der Waals surface area contributed by atoms with Gasteiger partial charge in [0, 0.05) is 19.6 Å². The number of carboxylic acids is 1. The first-order chi connectivity index (χ1) is 8.47. The highest BCUT2D eigenvalue weighted by atomic mass is 16.5. The van der Waals surface area contributed by atoms with E-state index in [2.05, 4.69) is 5.32 Å². The van der Waals surface area contributed by atoms with E-state index in [-0.39, 0.29) is 12.5 Å². The van der Waals surface area contributed by atoms with E-state index in [1.54, 1.807) is 0 Å². The maximum Gasteiger partial charge on any atom is 0.329 e. The number of rotatable bonds is 7. The Hall–Kier alpha value is -1.14. The summed E-state index contributed by atoms with van der Waals surface area (Å²) in [6.07, 6.45) is 2.45. The number of aliphatic carboxylic acids is 1. The van der Waals surface area contributed by atoms with Gasteiger partial charge in [0.2, 0.25) is 5.91 Å². The molecule has 0 aromatic carbocycles. The van der Waals surface area contributed by atoms with Gasteiger partial charge in [-0.2, -0.15) is 0 Å². The maximum absolute atomic E-state index is 11.6. The number of nitrogens with zero attached hydrogens (tertiary/aromatic N) is 1. The van der Waals surface area contributed by atoms with Crippen LogP contribution >= 0.6 is 0 Å². The van der Waals surface area contributed by atoms with E-state index in [4.69, 9.17) is 9.84 Å². The molecular formula is C12H20N2O4. The minimum absolute atomic E-state index is 0.0437. The molecule has 102 valence electrons. The van der Waals surface area contributed by atoms with Gasteiger partial charge in [-0.25, -0.2) is 4.79 Å². The standard InChI is InChI=1S/C12H20N2O4/c1-12(18-6-11(16)17)7-14(8-12)5-10(15)13-4-9-2-3-9/h9H,2-8H2,1H3,(H,13,15)(H,16,17). The van der Waals surface area contributed by atoms with Crippen molar-refractivity contribution >= 4 is 11.9 Å². The van der Waals surface area contributed by atoms with Gasteiger partial charge in [-0.1, -0.05) is 0 Å². The van der Waals surface area contributed by atoms with Gasteiger partial charge in [0.1, 0.15) is 6.61 Å². The molecule has 2 rings (SSSR count). The van der Waals surface area contributed by atoms with Gasteiger partial charge in [0.25, 0.3) is 0 Å². The maximum atomic E-state index is 11.6. The zero-order chi connectivity index (χ0) is 13.2. The molecule has 2 N–H and O–H groups in total. The molecule has 2 aliphatic rings. The number of likely N-dealkylation sites (tertiary alicyclic amines) is 1. The predicted molar refractivity (Wildman–Crippen MR) is 64.2 cm³/mol. The van der Waals surface area contributed by atoms with Gasteiger partial charge in [-0.3, -0.25) is 9.69 Å². The largest absolute Gasteiger partial charge is 0.480 e. The van der Waals surface area contributed by atoms with Crippen LogP contribution in [0.5, 0.6) is 0 Å². The van der Waals surface area contributed by atoms with E-state index in [9.17, 15) is 9.59 Å². The summed E-state index contributed by atoms with van der Waals surface area (Å²) in [4.78, 5) is 23.9. The highest BCUT2D eigenvalue weighted by Crippen LogP contribution is 2.27. The molecule has 0 aromatic heterocycles. The Kier molecular flexibility index (Phi) is 3.87. The van der Waals surface area contributed by atoms with E-state index < -0.39 is 11.6 Å². The van der Waals surface area contributed by atoms with E-state index in [0.29, 0.717) is 25.6 Å². The second-order valence-electron chi connectivity index (χ2n) is 5.52. The molecule has 1 aliphatic heterocycles. The monoisotopic (exact) mass is 256 g/mol. The fourth-order valence-corrected chi connectivity index (χ4v) is 2.18. The first-order valence-electron chi connectivity index (χ1n) is 6.32. The number of carbonyl (C=O) groups excluding carboxylic acids is 1. The molecule has 1 saturated heterocycles. The normalized spacial score (nSPS) is 22.3. The lowest BCUT2D eigenvalue weighted by Gasteiger charge is -2.46. The van der Waals surface area contributed by atoms with Crippen LogP contribution in [0.4, 0.5) is 0 Å². The topological polar surface area (TPSA) is 78.9 Å². The second-order valence-corrected chi connectivity index (χ2v) is 5.52. The zero-order valence-corrected chi connectivity index (χ0v) is 10.6. The van der Waals surface area contributed by atoms with E-state index >= 15 is 0 Å². The van der Waals surface area contributed by atoms with Crippen molar-refractivity contribution in [2.45, 2.75) is 25.4 Å². The summed E-state index contributed by atoms with van der Waals surface area (Å²) < 4.78 is 5.27. The molecule has 18 heavy (non-hydrogen) atoms. The molecular weight excluding hydrogens is 236 g/mol. The number of amides is 1. The molecule has 0 spiro atoms. The summed E-state index contributed by atoms with van der Waals surface area (Å²) in [5, 5.41) is 11.4. The Morgan fingerprint density at radius 2 is 2.11 bits per heavy atom. The minimum Gasteiger partial charge on any atom is -0.480 e. The van der Waals surface area contributed by atoms with E-state index in [1.807, 2.05) is 11.8 Å². The summed E-state index contributed by atoms with van der Waals surface area (Å²) in [5.41, 5.74) is -0.421. The molecule has 6 heteroatoms. The third kappa shape index (κ3) is 3.96. The molecule has 6 nitrogen and oxygen atoms in total. The summed E-state index contributed by atoms with van der Waals surface area (Å²) in [7, 11) is 0. The van der Waals surface area contributed by atoms with Gasteiger partial charge in [-0.15, -0.1) is 0 Å². The third-order valence-electron chi connectivity index (χ3n) is 3.31. The third-order valence-corrected chi connectivity index (χ3v) is 3.31.